The number of ether oxygens (including phenoxy) is 2. The SMILES string of the molecule is CC(C)(C)OC(=O)N1C[C@@H]2[C@H](C1)C2(C#N)c1ccc(-c2ccc(N3C[C@H](CN=[N+]=[N-])OC3=O)cc2F)cn1. The van der Waals surface area contributed by atoms with Crippen molar-refractivity contribution in [1.82, 2.24) is 9.88 Å². The molecule has 196 valence electrons. The van der Waals surface area contributed by atoms with Crippen LogP contribution in [0.2, 0.25) is 0 Å². The second-order valence-corrected chi connectivity index (χ2v) is 10.7. The fraction of sp³-hybridized carbons (Fsp3) is 0.462. The van der Waals surface area contributed by atoms with Crippen molar-refractivity contribution in [3.63, 3.8) is 0 Å². The molecule has 1 saturated carbocycles. The summed E-state index contributed by atoms with van der Waals surface area (Å²) in [5, 5.41) is 13.4. The third-order valence-electron chi connectivity index (χ3n) is 7.20. The van der Waals surface area contributed by atoms with E-state index in [1.807, 2.05) is 20.8 Å². The number of carbonyl (C=O) groups excluding carboxylic acids is 2. The van der Waals surface area contributed by atoms with Crippen molar-refractivity contribution in [2.45, 2.75) is 37.9 Å². The predicted octanol–water partition coefficient (Wildman–Crippen LogP) is 4.78. The lowest BCUT2D eigenvalue weighted by Crippen LogP contribution is -2.39. The minimum Gasteiger partial charge on any atom is -0.444 e. The van der Waals surface area contributed by atoms with Crippen LogP contribution in [0.15, 0.2) is 41.6 Å². The van der Waals surface area contributed by atoms with E-state index in [2.05, 4.69) is 21.1 Å². The molecule has 3 fully saturated rings. The number of hydrogen-bond donors (Lipinski definition) is 0. The van der Waals surface area contributed by atoms with Crippen LogP contribution in [0.5, 0.6) is 0 Å². The second kappa shape index (κ2) is 9.19. The van der Waals surface area contributed by atoms with E-state index in [1.165, 1.54) is 17.2 Å². The van der Waals surface area contributed by atoms with E-state index < -0.39 is 29.0 Å². The van der Waals surface area contributed by atoms with E-state index in [-0.39, 0.29) is 31.0 Å². The molecule has 2 aromatic rings. The average molecular weight is 520 g/mol. The number of halogens is 1. The van der Waals surface area contributed by atoms with Crippen molar-refractivity contribution in [3.05, 3.63) is 58.5 Å². The molecule has 0 N–H and O–H groups in total. The molecular formula is C26H26FN7O4. The summed E-state index contributed by atoms with van der Waals surface area (Å²) in [6.07, 6.45) is -0.0781. The maximum atomic E-state index is 15.1. The van der Waals surface area contributed by atoms with Crippen molar-refractivity contribution in [3.8, 4) is 17.2 Å². The Morgan fingerprint density at radius 2 is 2.05 bits per heavy atom. The number of cyclic esters (lactones) is 1. The number of likely N-dealkylation sites (tertiary alicyclic amines) is 1. The van der Waals surface area contributed by atoms with E-state index in [9.17, 15) is 14.9 Å². The normalized spacial score (nSPS) is 25.8. The van der Waals surface area contributed by atoms with Crippen molar-refractivity contribution in [2.24, 2.45) is 17.0 Å². The van der Waals surface area contributed by atoms with Crippen LogP contribution < -0.4 is 4.90 Å². The number of nitriles is 1. The zero-order valence-corrected chi connectivity index (χ0v) is 21.2. The molecule has 2 amide bonds. The quantitative estimate of drug-likeness (QED) is 0.316. The molecule has 1 aromatic heterocycles. The lowest BCUT2D eigenvalue weighted by atomic mass is 9.95. The van der Waals surface area contributed by atoms with Gasteiger partial charge in [0.2, 0.25) is 0 Å². The Morgan fingerprint density at radius 3 is 2.63 bits per heavy atom. The number of rotatable bonds is 5. The Balaban J connectivity index is 1.28. The van der Waals surface area contributed by atoms with Gasteiger partial charge in [0.1, 0.15) is 22.9 Å². The molecule has 3 aliphatic rings. The topological polar surface area (TPSA) is 145 Å². The number of aromatic nitrogens is 1. The molecule has 2 saturated heterocycles. The van der Waals surface area contributed by atoms with Gasteiger partial charge in [-0.1, -0.05) is 11.2 Å². The summed E-state index contributed by atoms with van der Waals surface area (Å²) in [6, 6.07) is 10.3. The molecule has 11 nitrogen and oxygen atoms in total. The minimum atomic E-state index is -0.776. The van der Waals surface area contributed by atoms with Crippen LogP contribution in [0, 0.1) is 29.0 Å². The van der Waals surface area contributed by atoms with Gasteiger partial charge < -0.3 is 14.4 Å². The van der Waals surface area contributed by atoms with Crippen LogP contribution in [0.1, 0.15) is 26.5 Å². The lowest BCUT2D eigenvalue weighted by Gasteiger charge is -2.27. The number of piperidine rings is 1. The molecule has 3 heterocycles. The van der Waals surface area contributed by atoms with Gasteiger partial charge in [-0.3, -0.25) is 9.88 Å². The molecule has 0 spiro atoms. The number of amides is 2. The molecule has 0 bridgehead atoms. The molecule has 1 aromatic carbocycles. The zero-order valence-electron chi connectivity index (χ0n) is 21.2. The largest absolute Gasteiger partial charge is 0.444 e. The molecule has 5 rings (SSSR count). The first-order valence-electron chi connectivity index (χ1n) is 12.2. The Kier molecular flexibility index (Phi) is 6.12. The summed E-state index contributed by atoms with van der Waals surface area (Å²) >= 11 is 0. The minimum absolute atomic E-state index is 0.00224. The first-order chi connectivity index (χ1) is 18.1. The van der Waals surface area contributed by atoms with E-state index in [0.29, 0.717) is 35.6 Å². The summed E-state index contributed by atoms with van der Waals surface area (Å²) < 4.78 is 25.7. The highest BCUT2D eigenvalue weighted by atomic mass is 19.1. The summed E-state index contributed by atoms with van der Waals surface area (Å²) in [4.78, 5) is 34.7. The summed E-state index contributed by atoms with van der Waals surface area (Å²) in [6.45, 7) is 6.44. The fourth-order valence-corrected chi connectivity index (χ4v) is 5.37. The molecule has 38 heavy (non-hydrogen) atoms. The number of benzene rings is 1. The molecule has 4 atom stereocenters. The molecule has 1 unspecified atom stereocenters. The summed E-state index contributed by atoms with van der Waals surface area (Å²) in [5.74, 6) is -0.607. The maximum absolute atomic E-state index is 15.1. The Morgan fingerprint density at radius 1 is 1.32 bits per heavy atom. The smallest absolute Gasteiger partial charge is 0.414 e. The lowest BCUT2D eigenvalue weighted by molar-refractivity contribution is 0.0265. The first-order valence-corrected chi connectivity index (χ1v) is 12.2. The first kappa shape index (κ1) is 25.3. The number of hydrogen-bond acceptors (Lipinski definition) is 7. The van der Waals surface area contributed by atoms with E-state index >= 15 is 4.39 Å². The van der Waals surface area contributed by atoms with E-state index in [0.717, 1.165) is 0 Å². The monoisotopic (exact) mass is 519 g/mol. The van der Waals surface area contributed by atoms with Gasteiger partial charge in [0.05, 0.1) is 30.5 Å². The number of pyridine rings is 1. The Hall–Kier alpha value is -4.36. The highest BCUT2D eigenvalue weighted by Gasteiger charge is 2.71. The van der Waals surface area contributed by atoms with Gasteiger partial charge in [-0.15, -0.1) is 0 Å². The number of azide groups is 1. The number of nitrogens with zero attached hydrogens (tertiary/aromatic N) is 7. The zero-order chi connectivity index (χ0) is 27.2. The fourth-order valence-electron chi connectivity index (χ4n) is 5.37. The Labute approximate surface area is 218 Å². The van der Waals surface area contributed by atoms with Crippen LogP contribution in [-0.4, -0.2) is 60.0 Å². The predicted molar refractivity (Wildman–Crippen MR) is 133 cm³/mol. The van der Waals surface area contributed by atoms with Crippen LogP contribution >= 0.6 is 0 Å². The van der Waals surface area contributed by atoms with E-state index in [1.54, 1.807) is 29.2 Å². The number of anilines is 1. The van der Waals surface area contributed by atoms with Gasteiger partial charge in [-0.2, -0.15) is 5.26 Å². The molecular weight excluding hydrogens is 493 g/mol. The van der Waals surface area contributed by atoms with Crippen molar-refractivity contribution < 1.29 is 23.5 Å². The highest BCUT2D eigenvalue weighted by Crippen LogP contribution is 2.62. The third kappa shape index (κ3) is 4.35. The van der Waals surface area contributed by atoms with Gasteiger partial charge in [0.25, 0.3) is 0 Å². The number of fused-ring (bicyclic) bond motifs is 1. The summed E-state index contributed by atoms with van der Waals surface area (Å²) in [7, 11) is 0. The maximum Gasteiger partial charge on any atom is 0.414 e. The van der Waals surface area contributed by atoms with Crippen LogP contribution in [0.3, 0.4) is 0 Å². The molecule has 0 radical (unpaired) electrons. The van der Waals surface area contributed by atoms with Crippen molar-refractivity contribution in [2.75, 3.05) is 31.1 Å². The van der Waals surface area contributed by atoms with Gasteiger partial charge in [0.15, 0.2) is 0 Å². The van der Waals surface area contributed by atoms with Gasteiger partial charge in [0, 0.05) is 47.2 Å². The standard InChI is InChI=1S/C26H26FN7O4/c1-25(2,3)38-23(35)33-12-19-20(13-33)26(19,14-28)22-7-4-15(9-30-22)18-6-5-16(8-21(18)27)34-11-17(10-31-32-29)37-24(34)36/h4-9,17,19-20H,10-13H2,1-3H3/t17-,19-,20+,26?/m0/s1. The van der Waals surface area contributed by atoms with Crippen LogP contribution in [-0.2, 0) is 14.9 Å². The Bertz CT molecular complexity index is 1370. The van der Waals surface area contributed by atoms with Crippen molar-refractivity contribution >= 4 is 17.9 Å². The second-order valence-electron chi connectivity index (χ2n) is 10.7. The highest BCUT2D eigenvalue weighted by molar-refractivity contribution is 5.90. The van der Waals surface area contributed by atoms with Crippen LogP contribution in [0.4, 0.5) is 19.7 Å². The van der Waals surface area contributed by atoms with Gasteiger partial charge in [-0.25, -0.2) is 14.0 Å². The van der Waals surface area contributed by atoms with Crippen molar-refractivity contribution in [1.29, 1.82) is 5.26 Å². The molecule has 2 aliphatic heterocycles. The van der Waals surface area contributed by atoms with Crippen LogP contribution in [0.25, 0.3) is 21.6 Å². The van der Waals surface area contributed by atoms with E-state index in [4.69, 9.17) is 15.0 Å². The summed E-state index contributed by atoms with van der Waals surface area (Å²) in [5.41, 5.74) is 8.84. The molecule has 12 heteroatoms. The average Bonchev–Trinajstić information content (AvgIpc) is 3.14. The molecule has 1 aliphatic carbocycles. The third-order valence-corrected chi connectivity index (χ3v) is 7.20. The van der Waals surface area contributed by atoms with Gasteiger partial charge >= 0.3 is 12.2 Å². The van der Waals surface area contributed by atoms with Gasteiger partial charge in [-0.05, 0) is 50.6 Å². The number of carbonyl (C=O) groups is 2.